The van der Waals surface area contributed by atoms with Gasteiger partial charge in [0.2, 0.25) is 0 Å². The third-order valence-electron chi connectivity index (χ3n) is 2.46. The van der Waals surface area contributed by atoms with Crippen molar-refractivity contribution < 1.29 is 36.6 Å². The van der Waals surface area contributed by atoms with Crippen molar-refractivity contribution in [3.63, 3.8) is 0 Å². The number of hydrogen-bond acceptors (Lipinski definition) is 2. The average molecular weight is 311 g/mol. The van der Waals surface area contributed by atoms with E-state index in [0.717, 1.165) is 12.1 Å². The van der Waals surface area contributed by atoms with E-state index in [9.17, 15) is 31.5 Å². The SMILES string of the molecule is O=C(O)C(CC(F)(F)F)NC(=O)C(F)(F)c1ccccc1. The summed E-state index contributed by atoms with van der Waals surface area (Å²) in [5.41, 5.74) is -0.751. The predicted octanol–water partition coefficient (Wildman–Crippen LogP) is 2.30. The summed E-state index contributed by atoms with van der Waals surface area (Å²) in [5.74, 6) is -8.30. The van der Waals surface area contributed by atoms with Crippen LogP contribution < -0.4 is 5.32 Å². The highest BCUT2D eigenvalue weighted by molar-refractivity contribution is 5.88. The number of alkyl halides is 5. The van der Waals surface area contributed by atoms with Crippen LogP contribution in [0.2, 0.25) is 0 Å². The molecule has 0 bridgehead atoms. The van der Waals surface area contributed by atoms with E-state index in [4.69, 9.17) is 5.11 Å². The maximum atomic E-state index is 13.7. The fourth-order valence-electron chi connectivity index (χ4n) is 1.46. The van der Waals surface area contributed by atoms with Gasteiger partial charge < -0.3 is 10.4 Å². The number of aliphatic carboxylic acids is 1. The molecule has 0 saturated carbocycles. The Bertz CT molecular complexity index is 515. The van der Waals surface area contributed by atoms with Crippen LogP contribution in [0.3, 0.4) is 0 Å². The summed E-state index contributed by atoms with van der Waals surface area (Å²) < 4.78 is 63.8. The summed E-state index contributed by atoms with van der Waals surface area (Å²) in [6.07, 6.45) is -6.86. The van der Waals surface area contributed by atoms with E-state index in [0.29, 0.717) is 0 Å². The van der Waals surface area contributed by atoms with Gasteiger partial charge in [0.05, 0.1) is 6.42 Å². The molecule has 0 spiro atoms. The Morgan fingerprint density at radius 3 is 2.05 bits per heavy atom. The molecule has 9 heteroatoms. The molecule has 1 unspecified atom stereocenters. The molecule has 1 rings (SSSR count). The summed E-state index contributed by atoms with van der Waals surface area (Å²) in [6, 6.07) is 3.15. The van der Waals surface area contributed by atoms with E-state index >= 15 is 0 Å². The summed E-state index contributed by atoms with van der Waals surface area (Å²) in [5, 5.41) is 9.77. The summed E-state index contributed by atoms with van der Waals surface area (Å²) >= 11 is 0. The van der Waals surface area contributed by atoms with Crippen molar-refractivity contribution in [1.29, 1.82) is 0 Å². The monoisotopic (exact) mass is 311 g/mol. The van der Waals surface area contributed by atoms with Crippen LogP contribution >= 0.6 is 0 Å². The lowest BCUT2D eigenvalue weighted by molar-refractivity contribution is -0.164. The first kappa shape index (κ1) is 16.9. The van der Waals surface area contributed by atoms with Gasteiger partial charge in [-0.05, 0) is 0 Å². The van der Waals surface area contributed by atoms with Crippen LogP contribution in [0, 0.1) is 0 Å². The molecule has 1 aromatic carbocycles. The van der Waals surface area contributed by atoms with Crippen LogP contribution in [0.15, 0.2) is 30.3 Å². The van der Waals surface area contributed by atoms with Crippen LogP contribution in [0.1, 0.15) is 12.0 Å². The lowest BCUT2D eigenvalue weighted by Crippen LogP contribution is -2.49. The Balaban J connectivity index is 2.89. The first-order chi connectivity index (χ1) is 9.54. The van der Waals surface area contributed by atoms with Crippen molar-refractivity contribution in [2.75, 3.05) is 0 Å². The van der Waals surface area contributed by atoms with Gasteiger partial charge in [0.1, 0.15) is 6.04 Å². The van der Waals surface area contributed by atoms with Crippen molar-refractivity contribution >= 4 is 11.9 Å². The minimum Gasteiger partial charge on any atom is -0.480 e. The number of halogens is 5. The number of hydrogen-bond donors (Lipinski definition) is 2. The molecule has 0 aromatic heterocycles. The summed E-state index contributed by atoms with van der Waals surface area (Å²) in [4.78, 5) is 22.0. The number of nitrogens with one attached hydrogen (secondary N) is 1. The largest absolute Gasteiger partial charge is 0.480 e. The first-order valence-corrected chi connectivity index (χ1v) is 5.58. The van der Waals surface area contributed by atoms with Gasteiger partial charge in [-0.2, -0.15) is 22.0 Å². The quantitative estimate of drug-likeness (QED) is 0.820. The molecule has 1 aromatic rings. The third kappa shape index (κ3) is 4.69. The molecule has 1 amide bonds. The zero-order chi connectivity index (χ0) is 16.3. The zero-order valence-electron chi connectivity index (χ0n) is 10.3. The lowest BCUT2D eigenvalue weighted by Gasteiger charge is -2.21. The standard InChI is InChI=1S/C12H10F5NO3/c13-11(14,15)6-8(9(19)20)18-10(21)12(16,17)7-4-2-1-3-5-7/h1-5,8H,6H2,(H,18,21)(H,19,20). The number of carbonyl (C=O) groups excluding carboxylic acids is 1. The van der Waals surface area contributed by atoms with Gasteiger partial charge in [-0.1, -0.05) is 30.3 Å². The Kier molecular flexibility index (Phi) is 4.87. The number of rotatable bonds is 5. The molecule has 4 nitrogen and oxygen atoms in total. The minimum atomic E-state index is -4.92. The van der Waals surface area contributed by atoms with Crippen molar-refractivity contribution in [3.05, 3.63) is 35.9 Å². The summed E-state index contributed by atoms with van der Waals surface area (Å²) in [6.45, 7) is 0. The van der Waals surface area contributed by atoms with Crippen molar-refractivity contribution in [2.45, 2.75) is 24.6 Å². The Morgan fingerprint density at radius 1 is 1.10 bits per heavy atom. The van der Waals surface area contributed by atoms with Crippen molar-refractivity contribution in [2.24, 2.45) is 0 Å². The van der Waals surface area contributed by atoms with Crippen LogP contribution in [-0.4, -0.2) is 29.2 Å². The minimum absolute atomic E-state index is 0.751. The highest BCUT2D eigenvalue weighted by atomic mass is 19.4. The van der Waals surface area contributed by atoms with E-state index in [-0.39, 0.29) is 0 Å². The van der Waals surface area contributed by atoms with Gasteiger partial charge in [-0.15, -0.1) is 0 Å². The molecule has 1 atom stereocenters. The molecular formula is C12H10F5NO3. The normalized spacial score (nSPS) is 13.6. The average Bonchev–Trinajstić information content (AvgIpc) is 2.37. The van der Waals surface area contributed by atoms with Crippen LogP contribution in [0.5, 0.6) is 0 Å². The van der Waals surface area contributed by atoms with Crippen LogP contribution in [-0.2, 0) is 15.5 Å². The number of benzene rings is 1. The Morgan fingerprint density at radius 2 is 1.62 bits per heavy atom. The van der Waals surface area contributed by atoms with E-state index < -0.39 is 42.0 Å². The van der Waals surface area contributed by atoms with E-state index in [2.05, 4.69) is 0 Å². The Labute approximate surface area is 115 Å². The lowest BCUT2D eigenvalue weighted by atomic mass is 10.1. The molecule has 0 heterocycles. The molecular weight excluding hydrogens is 301 g/mol. The van der Waals surface area contributed by atoms with E-state index in [1.54, 1.807) is 0 Å². The van der Waals surface area contributed by atoms with Gasteiger partial charge in [-0.25, -0.2) is 4.79 Å². The zero-order valence-corrected chi connectivity index (χ0v) is 10.3. The topological polar surface area (TPSA) is 66.4 Å². The molecule has 0 saturated heterocycles. The van der Waals surface area contributed by atoms with Gasteiger partial charge in [0.15, 0.2) is 0 Å². The van der Waals surface area contributed by atoms with E-state index in [1.165, 1.54) is 23.5 Å². The highest BCUT2D eigenvalue weighted by Gasteiger charge is 2.44. The first-order valence-electron chi connectivity index (χ1n) is 5.58. The number of amides is 1. The van der Waals surface area contributed by atoms with Gasteiger partial charge in [0, 0.05) is 5.56 Å². The molecule has 0 radical (unpaired) electrons. The van der Waals surface area contributed by atoms with Crippen LogP contribution in [0.4, 0.5) is 22.0 Å². The van der Waals surface area contributed by atoms with E-state index in [1.807, 2.05) is 0 Å². The number of carboxylic acid groups (broad SMARTS) is 1. The molecule has 2 N–H and O–H groups in total. The number of carboxylic acids is 1. The third-order valence-corrected chi connectivity index (χ3v) is 2.46. The second-order valence-corrected chi connectivity index (χ2v) is 4.12. The molecule has 0 aliphatic carbocycles. The fourth-order valence-corrected chi connectivity index (χ4v) is 1.46. The van der Waals surface area contributed by atoms with Crippen molar-refractivity contribution in [1.82, 2.24) is 5.32 Å². The number of carbonyl (C=O) groups is 2. The van der Waals surface area contributed by atoms with Gasteiger partial charge in [-0.3, -0.25) is 4.79 Å². The fraction of sp³-hybridized carbons (Fsp3) is 0.333. The second-order valence-electron chi connectivity index (χ2n) is 4.12. The predicted molar refractivity (Wildman–Crippen MR) is 60.6 cm³/mol. The molecule has 0 aliphatic rings. The van der Waals surface area contributed by atoms with Crippen LogP contribution in [0.25, 0.3) is 0 Å². The van der Waals surface area contributed by atoms with Gasteiger partial charge >= 0.3 is 18.1 Å². The summed E-state index contributed by atoms with van der Waals surface area (Å²) in [7, 11) is 0. The molecule has 0 fully saturated rings. The Hall–Kier alpha value is -2.19. The smallest absolute Gasteiger partial charge is 0.391 e. The van der Waals surface area contributed by atoms with Gasteiger partial charge in [0.25, 0.3) is 5.91 Å². The molecule has 116 valence electrons. The molecule has 0 aliphatic heterocycles. The second kappa shape index (κ2) is 6.06. The maximum Gasteiger partial charge on any atom is 0.391 e. The molecule has 21 heavy (non-hydrogen) atoms. The maximum absolute atomic E-state index is 13.7. The highest BCUT2D eigenvalue weighted by Crippen LogP contribution is 2.29. The van der Waals surface area contributed by atoms with Crippen molar-refractivity contribution in [3.8, 4) is 0 Å².